The summed E-state index contributed by atoms with van der Waals surface area (Å²) >= 11 is 0. The minimum Gasteiger partial charge on any atom is -0.353 e. The van der Waals surface area contributed by atoms with E-state index in [9.17, 15) is 0 Å². The summed E-state index contributed by atoms with van der Waals surface area (Å²) in [5.41, 5.74) is 1.09. The van der Waals surface area contributed by atoms with Crippen molar-refractivity contribution in [3.05, 3.63) is 11.9 Å². The van der Waals surface area contributed by atoms with Gasteiger partial charge in [0, 0.05) is 18.3 Å². The molecular formula is C12H23N3. The van der Waals surface area contributed by atoms with E-state index in [0.29, 0.717) is 12.1 Å². The molecule has 0 aliphatic rings. The highest BCUT2D eigenvalue weighted by atomic mass is 15.2. The third-order valence-electron chi connectivity index (χ3n) is 2.61. The first kappa shape index (κ1) is 12.1. The summed E-state index contributed by atoms with van der Waals surface area (Å²) in [4.78, 5) is 4.52. The summed E-state index contributed by atoms with van der Waals surface area (Å²) < 4.78 is 2.27. The summed E-state index contributed by atoms with van der Waals surface area (Å²) in [6.45, 7) is 10.8. The number of aryl methyl sites for hydroxylation is 1. The zero-order chi connectivity index (χ0) is 11.4. The van der Waals surface area contributed by atoms with Crippen molar-refractivity contribution in [1.82, 2.24) is 9.55 Å². The van der Waals surface area contributed by atoms with E-state index in [-0.39, 0.29) is 0 Å². The molecule has 0 radical (unpaired) electrons. The van der Waals surface area contributed by atoms with Crippen LogP contribution in [-0.2, 0) is 0 Å². The van der Waals surface area contributed by atoms with Crippen molar-refractivity contribution in [2.45, 2.75) is 59.5 Å². The fraction of sp³-hybridized carbons (Fsp3) is 0.750. The van der Waals surface area contributed by atoms with Crippen LogP contribution >= 0.6 is 0 Å². The van der Waals surface area contributed by atoms with Gasteiger partial charge in [-0.2, -0.15) is 0 Å². The number of anilines is 1. The molecule has 1 aromatic rings. The number of rotatable bonds is 5. The third-order valence-corrected chi connectivity index (χ3v) is 2.61. The van der Waals surface area contributed by atoms with Crippen LogP contribution in [0.3, 0.4) is 0 Å². The summed E-state index contributed by atoms with van der Waals surface area (Å²) in [5.74, 6) is 1.01. The van der Waals surface area contributed by atoms with Crippen molar-refractivity contribution in [2.75, 3.05) is 5.32 Å². The van der Waals surface area contributed by atoms with Crippen LogP contribution in [0.2, 0.25) is 0 Å². The van der Waals surface area contributed by atoms with Crippen molar-refractivity contribution >= 4 is 5.95 Å². The van der Waals surface area contributed by atoms with E-state index in [1.807, 2.05) is 6.92 Å². The van der Waals surface area contributed by atoms with Gasteiger partial charge in [0.1, 0.15) is 0 Å². The molecule has 0 aliphatic heterocycles. The zero-order valence-electron chi connectivity index (χ0n) is 10.5. The number of nitrogens with one attached hydrogen (secondary N) is 1. The Morgan fingerprint density at radius 1 is 1.33 bits per heavy atom. The largest absolute Gasteiger partial charge is 0.353 e. The molecule has 1 heterocycles. The molecule has 0 saturated heterocycles. The lowest BCUT2D eigenvalue weighted by molar-refractivity contribution is 0.474. The fourth-order valence-corrected chi connectivity index (χ4v) is 1.84. The Kier molecular flexibility index (Phi) is 4.18. The number of hydrogen-bond acceptors (Lipinski definition) is 2. The maximum absolute atomic E-state index is 4.52. The van der Waals surface area contributed by atoms with Gasteiger partial charge in [-0.25, -0.2) is 4.98 Å². The lowest BCUT2D eigenvalue weighted by atomic mass is 10.2. The van der Waals surface area contributed by atoms with Crippen LogP contribution in [0.5, 0.6) is 0 Å². The van der Waals surface area contributed by atoms with Gasteiger partial charge in [0.05, 0.1) is 5.69 Å². The van der Waals surface area contributed by atoms with Crippen molar-refractivity contribution in [3.63, 3.8) is 0 Å². The molecule has 0 atom stereocenters. The maximum atomic E-state index is 4.52. The van der Waals surface area contributed by atoms with Crippen LogP contribution in [0.4, 0.5) is 5.95 Å². The molecule has 1 rings (SSSR count). The molecule has 0 spiro atoms. The minimum absolute atomic E-state index is 0.430. The van der Waals surface area contributed by atoms with Crippen molar-refractivity contribution in [3.8, 4) is 0 Å². The van der Waals surface area contributed by atoms with Gasteiger partial charge in [0.2, 0.25) is 5.95 Å². The topological polar surface area (TPSA) is 29.9 Å². The smallest absolute Gasteiger partial charge is 0.203 e. The molecular weight excluding hydrogens is 186 g/mol. The SMILES string of the molecule is CCC(CC)n1cc(C)nc1NC(C)C. The monoisotopic (exact) mass is 209 g/mol. The van der Waals surface area contributed by atoms with Crippen LogP contribution in [0.15, 0.2) is 6.20 Å². The summed E-state index contributed by atoms with van der Waals surface area (Å²) in [6, 6.07) is 0.993. The standard InChI is InChI=1S/C12H23N3/c1-6-11(7-2)15-8-10(5)14-12(15)13-9(3)4/h8-9,11H,6-7H2,1-5H3,(H,13,14). The second-order valence-electron chi connectivity index (χ2n) is 4.38. The van der Waals surface area contributed by atoms with Gasteiger partial charge >= 0.3 is 0 Å². The molecule has 0 fully saturated rings. The van der Waals surface area contributed by atoms with Crippen LogP contribution in [0.1, 0.15) is 52.3 Å². The van der Waals surface area contributed by atoms with E-state index in [1.165, 1.54) is 0 Å². The van der Waals surface area contributed by atoms with E-state index in [2.05, 4.69) is 48.8 Å². The number of hydrogen-bond donors (Lipinski definition) is 1. The van der Waals surface area contributed by atoms with Crippen LogP contribution < -0.4 is 5.32 Å². The number of aromatic nitrogens is 2. The Morgan fingerprint density at radius 3 is 2.40 bits per heavy atom. The average molecular weight is 209 g/mol. The molecule has 15 heavy (non-hydrogen) atoms. The Balaban J connectivity index is 2.94. The Labute approximate surface area is 92.9 Å². The van der Waals surface area contributed by atoms with Gasteiger partial charge in [-0.05, 0) is 33.6 Å². The zero-order valence-corrected chi connectivity index (χ0v) is 10.5. The van der Waals surface area contributed by atoms with Gasteiger partial charge in [0.15, 0.2) is 0 Å². The highest BCUT2D eigenvalue weighted by Crippen LogP contribution is 2.22. The average Bonchev–Trinajstić information content (AvgIpc) is 2.48. The highest BCUT2D eigenvalue weighted by molar-refractivity contribution is 5.30. The minimum atomic E-state index is 0.430. The van der Waals surface area contributed by atoms with E-state index in [1.54, 1.807) is 0 Å². The first-order valence-electron chi connectivity index (χ1n) is 5.90. The Hall–Kier alpha value is -0.990. The van der Waals surface area contributed by atoms with Gasteiger partial charge in [-0.3, -0.25) is 0 Å². The van der Waals surface area contributed by atoms with Crippen LogP contribution in [0, 0.1) is 6.92 Å². The highest BCUT2D eigenvalue weighted by Gasteiger charge is 2.12. The number of nitrogens with zero attached hydrogens (tertiary/aromatic N) is 2. The lowest BCUT2D eigenvalue weighted by Crippen LogP contribution is -2.17. The maximum Gasteiger partial charge on any atom is 0.203 e. The van der Waals surface area contributed by atoms with Gasteiger partial charge < -0.3 is 9.88 Å². The molecule has 0 saturated carbocycles. The first-order chi connectivity index (χ1) is 7.08. The quantitative estimate of drug-likeness (QED) is 0.805. The lowest BCUT2D eigenvalue weighted by Gasteiger charge is -2.19. The van der Waals surface area contributed by atoms with Gasteiger partial charge in [-0.1, -0.05) is 13.8 Å². The van der Waals surface area contributed by atoms with Crippen molar-refractivity contribution < 1.29 is 0 Å². The van der Waals surface area contributed by atoms with Crippen LogP contribution in [-0.4, -0.2) is 15.6 Å². The summed E-state index contributed by atoms with van der Waals surface area (Å²) in [5, 5.41) is 3.40. The van der Waals surface area contributed by atoms with E-state index >= 15 is 0 Å². The van der Waals surface area contributed by atoms with Crippen molar-refractivity contribution in [1.29, 1.82) is 0 Å². The molecule has 86 valence electrons. The number of imidazole rings is 1. The molecule has 0 aromatic carbocycles. The second-order valence-corrected chi connectivity index (χ2v) is 4.38. The molecule has 0 unspecified atom stereocenters. The molecule has 0 aliphatic carbocycles. The summed E-state index contributed by atoms with van der Waals surface area (Å²) in [6.07, 6.45) is 4.44. The molecule has 1 aromatic heterocycles. The predicted octanol–water partition coefficient (Wildman–Crippen LogP) is 3.37. The van der Waals surface area contributed by atoms with E-state index < -0.39 is 0 Å². The third kappa shape index (κ3) is 2.98. The van der Waals surface area contributed by atoms with Gasteiger partial charge in [0.25, 0.3) is 0 Å². The molecule has 0 bridgehead atoms. The summed E-state index contributed by atoms with van der Waals surface area (Å²) in [7, 11) is 0. The molecule has 1 N–H and O–H groups in total. The normalized spacial score (nSPS) is 11.4. The molecule has 0 amide bonds. The molecule has 3 nitrogen and oxygen atoms in total. The Morgan fingerprint density at radius 2 is 1.93 bits per heavy atom. The van der Waals surface area contributed by atoms with E-state index in [4.69, 9.17) is 0 Å². The van der Waals surface area contributed by atoms with Crippen molar-refractivity contribution in [2.24, 2.45) is 0 Å². The van der Waals surface area contributed by atoms with E-state index in [0.717, 1.165) is 24.5 Å². The first-order valence-corrected chi connectivity index (χ1v) is 5.90. The molecule has 3 heteroatoms. The second kappa shape index (κ2) is 5.19. The van der Waals surface area contributed by atoms with Crippen LogP contribution in [0.25, 0.3) is 0 Å². The van der Waals surface area contributed by atoms with Gasteiger partial charge in [-0.15, -0.1) is 0 Å². The predicted molar refractivity (Wildman–Crippen MR) is 65.3 cm³/mol. The Bertz CT molecular complexity index is 298. The fourth-order valence-electron chi connectivity index (χ4n) is 1.84.